The monoisotopic (exact) mass is 387 g/mol. The molecule has 0 saturated carbocycles. The highest BCUT2D eigenvalue weighted by Crippen LogP contribution is 2.25. The Morgan fingerprint density at radius 2 is 1.83 bits per heavy atom. The highest BCUT2D eigenvalue weighted by atomic mass is 79.9. The third-order valence-corrected chi connectivity index (χ3v) is 3.80. The molecule has 0 unspecified atom stereocenters. The topological polar surface area (TPSA) is 29.1 Å². The van der Waals surface area contributed by atoms with Crippen LogP contribution in [0, 0.1) is 0 Å². The summed E-state index contributed by atoms with van der Waals surface area (Å²) >= 11 is 12.7. The van der Waals surface area contributed by atoms with E-state index in [1.807, 2.05) is 24.3 Å². The smallest absolute Gasteiger partial charge is 0.257 e. The van der Waals surface area contributed by atoms with Crippen molar-refractivity contribution in [2.45, 2.75) is 0 Å². The number of anilines is 1. The summed E-state index contributed by atoms with van der Waals surface area (Å²) in [5.74, 6) is -0.237. The molecule has 2 aromatic carbocycles. The molecular formula is C13H8Br2ClNO. The lowest BCUT2D eigenvalue weighted by molar-refractivity contribution is 0.102. The maximum atomic E-state index is 12.1. The fraction of sp³-hybridized carbons (Fsp3) is 0. The lowest BCUT2D eigenvalue weighted by atomic mass is 10.2. The van der Waals surface area contributed by atoms with Gasteiger partial charge in [-0.1, -0.05) is 39.7 Å². The molecule has 0 atom stereocenters. The van der Waals surface area contributed by atoms with Crippen molar-refractivity contribution in [2.75, 3.05) is 5.32 Å². The fourth-order valence-electron chi connectivity index (χ4n) is 1.43. The molecule has 1 N–H and O–H groups in total. The number of carbonyl (C=O) groups excluding carboxylic acids is 1. The van der Waals surface area contributed by atoms with Crippen molar-refractivity contribution in [2.24, 2.45) is 0 Å². The van der Waals surface area contributed by atoms with Gasteiger partial charge >= 0.3 is 0 Å². The van der Waals surface area contributed by atoms with Crippen LogP contribution < -0.4 is 5.32 Å². The van der Waals surface area contributed by atoms with E-state index in [9.17, 15) is 4.79 Å². The minimum Gasteiger partial charge on any atom is -0.321 e. The third kappa shape index (κ3) is 3.13. The quantitative estimate of drug-likeness (QED) is 0.759. The first-order chi connectivity index (χ1) is 8.58. The minimum absolute atomic E-state index is 0.237. The van der Waals surface area contributed by atoms with E-state index in [0.717, 1.165) is 8.95 Å². The van der Waals surface area contributed by atoms with Gasteiger partial charge in [0.2, 0.25) is 0 Å². The SMILES string of the molecule is O=C(Nc1ccccc1Br)c1ccc(Br)cc1Cl. The molecule has 1 amide bonds. The summed E-state index contributed by atoms with van der Waals surface area (Å²) in [6, 6.07) is 12.6. The molecule has 0 aromatic heterocycles. The standard InChI is InChI=1S/C13H8Br2ClNO/c14-8-5-6-9(11(16)7-8)13(18)17-12-4-2-1-3-10(12)15/h1-7H,(H,17,18). The number of rotatable bonds is 2. The summed E-state index contributed by atoms with van der Waals surface area (Å²) in [4.78, 5) is 12.1. The molecule has 2 rings (SSSR count). The van der Waals surface area contributed by atoms with Crippen LogP contribution in [-0.4, -0.2) is 5.91 Å². The van der Waals surface area contributed by atoms with Crippen LogP contribution >= 0.6 is 43.5 Å². The van der Waals surface area contributed by atoms with Crippen LogP contribution in [0.3, 0.4) is 0 Å². The first-order valence-electron chi connectivity index (χ1n) is 5.09. The average Bonchev–Trinajstić information content (AvgIpc) is 2.32. The average molecular weight is 389 g/mol. The predicted octanol–water partition coefficient (Wildman–Crippen LogP) is 5.12. The Labute approximate surface area is 127 Å². The molecule has 0 aliphatic heterocycles. The molecule has 2 nitrogen and oxygen atoms in total. The molecule has 92 valence electrons. The Kier molecular flexibility index (Phi) is 4.43. The number of carbonyl (C=O) groups is 1. The maximum Gasteiger partial charge on any atom is 0.257 e. The first-order valence-corrected chi connectivity index (χ1v) is 7.05. The number of hydrogen-bond acceptors (Lipinski definition) is 1. The molecule has 5 heteroatoms. The van der Waals surface area contributed by atoms with Crippen molar-refractivity contribution in [3.05, 3.63) is 62.0 Å². The van der Waals surface area contributed by atoms with E-state index >= 15 is 0 Å². The number of para-hydroxylation sites is 1. The number of halogens is 3. The molecule has 2 aromatic rings. The zero-order valence-corrected chi connectivity index (χ0v) is 13.0. The van der Waals surface area contributed by atoms with Crippen molar-refractivity contribution in [3.8, 4) is 0 Å². The Bertz CT molecular complexity index is 601. The van der Waals surface area contributed by atoms with E-state index in [4.69, 9.17) is 11.6 Å². The second-order valence-electron chi connectivity index (χ2n) is 3.56. The highest BCUT2D eigenvalue weighted by molar-refractivity contribution is 9.10. The van der Waals surface area contributed by atoms with Crippen molar-refractivity contribution >= 4 is 55.1 Å². The van der Waals surface area contributed by atoms with Gasteiger partial charge in [-0.25, -0.2) is 0 Å². The van der Waals surface area contributed by atoms with E-state index in [1.165, 1.54) is 0 Å². The Morgan fingerprint density at radius 1 is 1.11 bits per heavy atom. The Hall–Kier alpha value is -0.840. The van der Waals surface area contributed by atoms with Crippen LogP contribution in [0.2, 0.25) is 5.02 Å². The number of amides is 1. The molecule has 18 heavy (non-hydrogen) atoms. The van der Waals surface area contributed by atoms with Gasteiger partial charge in [0.15, 0.2) is 0 Å². The number of nitrogens with one attached hydrogen (secondary N) is 1. The number of hydrogen-bond donors (Lipinski definition) is 1. The van der Waals surface area contributed by atoms with E-state index in [1.54, 1.807) is 18.2 Å². The van der Waals surface area contributed by atoms with Crippen molar-refractivity contribution in [1.82, 2.24) is 0 Å². The highest BCUT2D eigenvalue weighted by Gasteiger charge is 2.11. The van der Waals surface area contributed by atoms with Crippen LogP contribution in [0.4, 0.5) is 5.69 Å². The van der Waals surface area contributed by atoms with Gasteiger partial charge in [-0.2, -0.15) is 0 Å². The van der Waals surface area contributed by atoms with Gasteiger partial charge in [0.25, 0.3) is 5.91 Å². The second kappa shape index (κ2) is 5.87. The first kappa shape index (κ1) is 13.6. The molecule has 0 heterocycles. The van der Waals surface area contributed by atoms with E-state index in [2.05, 4.69) is 37.2 Å². The number of benzene rings is 2. The zero-order valence-electron chi connectivity index (χ0n) is 9.08. The molecule has 0 aliphatic carbocycles. The van der Waals surface area contributed by atoms with Gasteiger partial charge in [0.1, 0.15) is 0 Å². The Morgan fingerprint density at radius 3 is 2.50 bits per heavy atom. The summed E-state index contributed by atoms with van der Waals surface area (Å²) in [5.41, 5.74) is 1.15. The molecule has 0 bridgehead atoms. The summed E-state index contributed by atoms with van der Waals surface area (Å²) in [7, 11) is 0. The van der Waals surface area contributed by atoms with Gasteiger partial charge in [-0.3, -0.25) is 4.79 Å². The Balaban J connectivity index is 2.25. The third-order valence-electron chi connectivity index (χ3n) is 2.30. The minimum atomic E-state index is -0.237. The molecule has 0 fully saturated rings. The van der Waals surface area contributed by atoms with E-state index in [0.29, 0.717) is 16.3 Å². The van der Waals surface area contributed by atoms with Crippen LogP contribution in [0.25, 0.3) is 0 Å². The lowest BCUT2D eigenvalue weighted by Gasteiger charge is -2.08. The molecule has 0 radical (unpaired) electrons. The molecular weight excluding hydrogens is 381 g/mol. The van der Waals surface area contributed by atoms with Crippen molar-refractivity contribution in [1.29, 1.82) is 0 Å². The molecule has 0 spiro atoms. The van der Waals surface area contributed by atoms with Crippen LogP contribution in [0.5, 0.6) is 0 Å². The normalized spacial score (nSPS) is 10.2. The van der Waals surface area contributed by atoms with Crippen LogP contribution in [0.15, 0.2) is 51.4 Å². The second-order valence-corrected chi connectivity index (χ2v) is 5.74. The summed E-state index contributed by atoms with van der Waals surface area (Å²) in [6.07, 6.45) is 0. The van der Waals surface area contributed by atoms with Gasteiger partial charge in [0.05, 0.1) is 16.3 Å². The molecule has 0 aliphatic rings. The largest absolute Gasteiger partial charge is 0.321 e. The van der Waals surface area contributed by atoms with Crippen LogP contribution in [0.1, 0.15) is 10.4 Å². The van der Waals surface area contributed by atoms with Gasteiger partial charge in [-0.05, 0) is 46.3 Å². The maximum absolute atomic E-state index is 12.1. The summed E-state index contributed by atoms with van der Waals surface area (Å²) in [6.45, 7) is 0. The fourth-order valence-corrected chi connectivity index (χ4v) is 2.57. The van der Waals surface area contributed by atoms with Gasteiger partial charge in [0, 0.05) is 8.95 Å². The van der Waals surface area contributed by atoms with Gasteiger partial charge < -0.3 is 5.32 Å². The predicted molar refractivity (Wildman–Crippen MR) is 81.2 cm³/mol. The van der Waals surface area contributed by atoms with Crippen LogP contribution in [-0.2, 0) is 0 Å². The van der Waals surface area contributed by atoms with Gasteiger partial charge in [-0.15, -0.1) is 0 Å². The summed E-state index contributed by atoms with van der Waals surface area (Å²) in [5, 5.41) is 3.21. The van der Waals surface area contributed by atoms with Crippen molar-refractivity contribution < 1.29 is 4.79 Å². The lowest BCUT2D eigenvalue weighted by Crippen LogP contribution is -2.12. The molecule has 0 saturated heterocycles. The van der Waals surface area contributed by atoms with Crippen molar-refractivity contribution in [3.63, 3.8) is 0 Å². The zero-order chi connectivity index (χ0) is 13.1. The van der Waals surface area contributed by atoms with E-state index in [-0.39, 0.29) is 5.91 Å². The van der Waals surface area contributed by atoms with E-state index < -0.39 is 0 Å². The summed E-state index contributed by atoms with van der Waals surface area (Å²) < 4.78 is 1.66.